The lowest BCUT2D eigenvalue weighted by Crippen LogP contribution is -2.00. The molecule has 0 atom stereocenters. The number of thiophene rings is 1. The average molecular weight is 363 g/mol. The van der Waals surface area contributed by atoms with Crippen molar-refractivity contribution in [2.24, 2.45) is 0 Å². The van der Waals surface area contributed by atoms with Crippen LogP contribution in [-0.4, -0.2) is 11.5 Å². The molecule has 100 valence electrons. The summed E-state index contributed by atoms with van der Waals surface area (Å²) < 4.78 is 0.895. The van der Waals surface area contributed by atoms with Crippen molar-refractivity contribution >= 4 is 55.6 Å². The number of hydrogen-bond donors (Lipinski definition) is 0. The Hall–Kier alpha value is -1.10. The van der Waals surface area contributed by atoms with E-state index in [9.17, 15) is 4.79 Å². The Bertz CT molecular complexity index is 764. The number of benzene rings is 2. The fraction of sp³-hybridized carbons (Fsp3) is 0.0625. The Morgan fingerprint density at radius 3 is 2.65 bits per heavy atom. The van der Waals surface area contributed by atoms with Crippen LogP contribution in [0.5, 0.6) is 0 Å². The van der Waals surface area contributed by atoms with E-state index in [-0.39, 0.29) is 5.78 Å². The third kappa shape index (κ3) is 2.97. The lowest BCUT2D eigenvalue weighted by molar-refractivity contribution is 0.102. The molecule has 1 nitrogen and oxygen atoms in total. The number of fused-ring (bicyclic) bond motifs is 1. The third-order valence-electron chi connectivity index (χ3n) is 2.96. The van der Waals surface area contributed by atoms with Gasteiger partial charge in [0.2, 0.25) is 0 Å². The zero-order chi connectivity index (χ0) is 13.9. The molecule has 0 amide bonds. The molecular formula is C16H11BrOS2. The number of carbonyl (C=O) groups excluding carboxylic acids is 1. The second-order valence-electron chi connectivity index (χ2n) is 4.32. The molecule has 0 aliphatic rings. The highest BCUT2D eigenvalue weighted by atomic mass is 79.9. The first-order valence-corrected chi connectivity index (χ1v) is 8.77. The van der Waals surface area contributed by atoms with Crippen LogP contribution in [0.4, 0.5) is 0 Å². The van der Waals surface area contributed by atoms with Crippen molar-refractivity contribution in [1.29, 1.82) is 0 Å². The van der Waals surface area contributed by atoms with Crippen LogP contribution >= 0.6 is 39.0 Å². The second-order valence-corrected chi connectivity index (χ2v) is 7.14. The van der Waals surface area contributed by atoms with Gasteiger partial charge in [-0.25, -0.2) is 0 Å². The fourth-order valence-electron chi connectivity index (χ4n) is 1.96. The predicted octanol–water partition coefficient (Wildman–Crippen LogP) is 5.64. The molecule has 0 aliphatic carbocycles. The Morgan fingerprint density at radius 2 is 1.90 bits per heavy atom. The van der Waals surface area contributed by atoms with Crippen molar-refractivity contribution in [3.05, 3.63) is 63.3 Å². The number of rotatable bonds is 4. The van der Waals surface area contributed by atoms with E-state index in [1.165, 1.54) is 22.1 Å². The van der Waals surface area contributed by atoms with Crippen molar-refractivity contribution < 1.29 is 4.79 Å². The number of hydrogen-bond acceptors (Lipinski definition) is 3. The molecule has 0 saturated carbocycles. The molecule has 4 heteroatoms. The van der Waals surface area contributed by atoms with E-state index in [0.717, 1.165) is 14.2 Å². The van der Waals surface area contributed by atoms with E-state index in [2.05, 4.69) is 46.3 Å². The SMILES string of the molecule is O=C(CSc1ccc2ccccc2c1)c1sccc1Br. The Morgan fingerprint density at radius 1 is 1.10 bits per heavy atom. The molecule has 0 bridgehead atoms. The third-order valence-corrected chi connectivity index (χ3v) is 5.83. The Kier molecular flexibility index (Phi) is 4.24. The first kappa shape index (κ1) is 13.9. The molecule has 1 aromatic heterocycles. The van der Waals surface area contributed by atoms with Crippen LogP contribution in [0, 0.1) is 0 Å². The van der Waals surface area contributed by atoms with E-state index in [0.29, 0.717) is 5.75 Å². The van der Waals surface area contributed by atoms with Gasteiger partial charge in [-0.1, -0.05) is 30.3 Å². The van der Waals surface area contributed by atoms with Crippen LogP contribution in [0.1, 0.15) is 9.67 Å². The van der Waals surface area contributed by atoms with Gasteiger partial charge in [-0.05, 0) is 50.3 Å². The molecule has 0 radical (unpaired) electrons. The molecule has 0 aliphatic heterocycles. The van der Waals surface area contributed by atoms with Gasteiger partial charge in [-0.2, -0.15) is 0 Å². The van der Waals surface area contributed by atoms with Gasteiger partial charge in [-0.15, -0.1) is 23.1 Å². The second kappa shape index (κ2) is 6.12. The first-order chi connectivity index (χ1) is 9.74. The summed E-state index contributed by atoms with van der Waals surface area (Å²) >= 11 is 6.48. The summed E-state index contributed by atoms with van der Waals surface area (Å²) in [4.78, 5) is 14.1. The first-order valence-electron chi connectivity index (χ1n) is 6.12. The summed E-state index contributed by atoms with van der Waals surface area (Å²) in [5.74, 6) is 0.641. The van der Waals surface area contributed by atoms with Crippen LogP contribution in [0.25, 0.3) is 10.8 Å². The number of carbonyl (C=O) groups is 1. The summed E-state index contributed by atoms with van der Waals surface area (Å²) in [7, 11) is 0. The minimum Gasteiger partial charge on any atom is -0.292 e. The van der Waals surface area contributed by atoms with Crippen molar-refractivity contribution in [3.63, 3.8) is 0 Å². The largest absolute Gasteiger partial charge is 0.292 e. The fourth-order valence-corrected chi connectivity index (χ4v) is 4.41. The standard InChI is InChI=1S/C16H11BrOS2/c17-14-7-8-19-16(14)15(18)10-20-13-6-5-11-3-1-2-4-12(11)9-13/h1-9H,10H2. The molecule has 3 aromatic rings. The minimum absolute atomic E-state index is 0.171. The summed E-state index contributed by atoms with van der Waals surface area (Å²) in [6.07, 6.45) is 0. The van der Waals surface area contributed by atoms with E-state index in [1.807, 2.05) is 23.6 Å². The maximum Gasteiger partial charge on any atom is 0.184 e. The molecule has 0 N–H and O–H groups in total. The smallest absolute Gasteiger partial charge is 0.184 e. The van der Waals surface area contributed by atoms with Crippen LogP contribution in [0.2, 0.25) is 0 Å². The molecule has 0 fully saturated rings. The summed E-state index contributed by atoms with van der Waals surface area (Å²) in [6.45, 7) is 0. The van der Waals surface area contributed by atoms with Gasteiger partial charge in [0.25, 0.3) is 0 Å². The highest BCUT2D eigenvalue weighted by Gasteiger charge is 2.11. The van der Waals surface area contributed by atoms with Crippen molar-refractivity contribution in [2.75, 3.05) is 5.75 Å². The van der Waals surface area contributed by atoms with Crippen LogP contribution in [0.3, 0.4) is 0 Å². The van der Waals surface area contributed by atoms with Crippen LogP contribution in [-0.2, 0) is 0 Å². The Balaban J connectivity index is 1.74. The van der Waals surface area contributed by atoms with Crippen molar-refractivity contribution in [1.82, 2.24) is 0 Å². The van der Waals surface area contributed by atoms with Crippen LogP contribution < -0.4 is 0 Å². The number of halogens is 1. The van der Waals surface area contributed by atoms with Gasteiger partial charge in [0.05, 0.1) is 10.6 Å². The zero-order valence-corrected chi connectivity index (χ0v) is 13.7. The molecule has 20 heavy (non-hydrogen) atoms. The van der Waals surface area contributed by atoms with Crippen molar-refractivity contribution in [2.45, 2.75) is 4.90 Å². The average Bonchev–Trinajstić information content (AvgIpc) is 2.91. The summed E-state index contributed by atoms with van der Waals surface area (Å²) in [5, 5.41) is 4.37. The number of Topliss-reactive ketones (excluding diaryl/α,β-unsaturated/α-hetero) is 1. The zero-order valence-electron chi connectivity index (χ0n) is 10.5. The number of thioether (sulfide) groups is 1. The molecular weight excluding hydrogens is 352 g/mol. The summed E-state index contributed by atoms with van der Waals surface area (Å²) in [6, 6.07) is 16.5. The van der Waals surface area contributed by atoms with Crippen molar-refractivity contribution in [3.8, 4) is 0 Å². The van der Waals surface area contributed by atoms with Crippen LogP contribution in [0.15, 0.2) is 63.3 Å². The lowest BCUT2D eigenvalue weighted by Gasteiger charge is -2.03. The van der Waals surface area contributed by atoms with E-state index in [1.54, 1.807) is 11.8 Å². The van der Waals surface area contributed by atoms with Gasteiger partial charge in [0.1, 0.15) is 0 Å². The van der Waals surface area contributed by atoms with Gasteiger partial charge in [-0.3, -0.25) is 4.79 Å². The molecule has 1 heterocycles. The molecule has 0 unspecified atom stereocenters. The normalized spacial score (nSPS) is 10.8. The lowest BCUT2D eigenvalue weighted by atomic mass is 10.1. The molecule has 2 aromatic carbocycles. The Labute approximate surface area is 134 Å². The number of ketones is 1. The highest BCUT2D eigenvalue weighted by molar-refractivity contribution is 9.10. The monoisotopic (exact) mass is 362 g/mol. The van der Waals surface area contributed by atoms with Gasteiger partial charge >= 0.3 is 0 Å². The predicted molar refractivity (Wildman–Crippen MR) is 91.0 cm³/mol. The molecule has 0 spiro atoms. The van der Waals surface area contributed by atoms with E-state index < -0.39 is 0 Å². The van der Waals surface area contributed by atoms with E-state index in [4.69, 9.17) is 0 Å². The quantitative estimate of drug-likeness (QED) is 0.441. The highest BCUT2D eigenvalue weighted by Crippen LogP contribution is 2.27. The topological polar surface area (TPSA) is 17.1 Å². The van der Waals surface area contributed by atoms with Gasteiger partial charge < -0.3 is 0 Å². The van der Waals surface area contributed by atoms with E-state index >= 15 is 0 Å². The summed E-state index contributed by atoms with van der Waals surface area (Å²) in [5.41, 5.74) is 0. The van der Waals surface area contributed by atoms with Gasteiger partial charge in [0.15, 0.2) is 5.78 Å². The van der Waals surface area contributed by atoms with Gasteiger partial charge in [0, 0.05) is 9.37 Å². The maximum atomic E-state index is 12.1. The minimum atomic E-state index is 0.171. The molecule has 0 saturated heterocycles. The maximum absolute atomic E-state index is 12.1. The molecule has 3 rings (SSSR count).